The van der Waals surface area contributed by atoms with Crippen molar-refractivity contribution in [1.29, 1.82) is 0 Å². The van der Waals surface area contributed by atoms with Crippen molar-refractivity contribution in [2.45, 2.75) is 77.0 Å². The molecule has 2 saturated carbocycles. The molecule has 0 radical (unpaired) electrons. The maximum atomic E-state index is 14.5. The van der Waals surface area contributed by atoms with Gasteiger partial charge < -0.3 is 4.74 Å². The third kappa shape index (κ3) is 5.93. The van der Waals surface area contributed by atoms with Crippen molar-refractivity contribution >= 4 is 0 Å². The number of benzene rings is 1. The van der Waals surface area contributed by atoms with E-state index < -0.39 is 11.6 Å². The van der Waals surface area contributed by atoms with Gasteiger partial charge in [-0.1, -0.05) is 24.3 Å². The van der Waals surface area contributed by atoms with Crippen LogP contribution in [0.3, 0.4) is 0 Å². The molecule has 0 N–H and O–H groups in total. The quantitative estimate of drug-likeness (QED) is 0.401. The summed E-state index contributed by atoms with van der Waals surface area (Å²) in [5, 5.41) is 0. The minimum atomic E-state index is -0.835. The maximum Gasteiger partial charge on any atom is 0.200 e. The minimum Gasteiger partial charge on any atom is -0.491 e. The van der Waals surface area contributed by atoms with Gasteiger partial charge in [0, 0.05) is 0 Å². The molecular weight excluding hydrogens is 366 g/mol. The fourth-order valence-electron chi connectivity index (χ4n) is 5.08. The molecule has 0 heterocycles. The Morgan fingerprint density at radius 2 is 1.66 bits per heavy atom. The Kier molecular flexibility index (Phi) is 8.32. The van der Waals surface area contributed by atoms with Crippen molar-refractivity contribution in [3.8, 4) is 5.75 Å². The summed E-state index contributed by atoms with van der Waals surface area (Å²) in [5.74, 6) is 0.789. The van der Waals surface area contributed by atoms with Gasteiger partial charge in [0.1, 0.15) is 0 Å². The summed E-state index contributed by atoms with van der Waals surface area (Å²) in [7, 11) is 0. The Bertz CT molecular complexity index is 680. The highest BCUT2D eigenvalue weighted by molar-refractivity contribution is 5.33. The minimum absolute atomic E-state index is 0.0206. The van der Waals surface area contributed by atoms with Gasteiger partial charge in [-0.05, 0) is 106 Å². The summed E-state index contributed by atoms with van der Waals surface area (Å²) in [6.07, 6.45) is 18.6. The molecule has 0 atom stereocenters. The molecule has 0 saturated heterocycles. The molecule has 2 fully saturated rings. The monoisotopic (exact) mass is 402 g/mol. The first-order valence-electron chi connectivity index (χ1n) is 11.5. The van der Waals surface area contributed by atoms with E-state index in [1.54, 1.807) is 19.1 Å². The van der Waals surface area contributed by atoms with Crippen molar-refractivity contribution in [2.24, 2.45) is 17.8 Å². The first kappa shape index (κ1) is 22.1. The maximum absolute atomic E-state index is 14.5. The van der Waals surface area contributed by atoms with E-state index in [0.29, 0.717) is 18.1 Å². The third-order valence-corrected chi connectivity index (χ3v) is 6.96. The van der Waals surface area contributed by atoms with Gasteiger partial charge in [-0.3, -0.25) is 0 Å². The van der Waals surface area contributed by atoms with Crippen molar-refractivity contribution in [3.05, 3.63) is 54.1 Å². The van der Waals surface area contributed by atoms with Crippen LogP contribution in [0.15, 0.2) is 36.9 Å². The molecule has 0 aromatic heterocycles. The number of halogens is 2. The van der Waals surface area contributed by atoms with E-state index in [4.69, 9.17) is 4.74 Å². The van der Waals surface area contributed by atoms with E-state index in [1.807, 2.05) is 0 Å². The molecule has 2 aliphatic rings. The lowest BCUT2D eigenvalue weighted by Crippen LogP contribution is -2.15. The Morgan fingerprint density at radius 1 is 0.966 bits per heavy atom. The predicted molar refractivity (Wildman–Crippen MR) is 116 cm³/mol. The van der Waals surface area contributed by atoms with Crippen molar-refractivity contribution in [1.82, 2.24) is 0 Å². The van der Waals surface area contributed by atoms with E-state index in [9.17, 15) is 8.78 Å². The summed E-state index contributed by atoms with van der Waals surface area (Å²) in [6, 6.07) is 3.30. The van der Waals surface area contributed by atoms with Crippen molar-refractivity contribution < 1.29 is 13.5 Å². The van der Waals surface area contributed by atoms with Crippen LogP contribution < -0.4 is 4.74 Å². The molecule has 0 unspecified atom stereocenters. The van der Waals surface area contributed by atoms with Crippen LogP contribution in [0.4, 0.5) is 8.78 Å². The van der Waals surface area contributed by atoms with Crippen LogP contribution in [0.2, 0.25) is 0 Å². The average molecular weight is 403 g/mol. The number of rotatable bonds is 8. The molecule has 0 bridgehead atoms. The second-order valence-electron chi connectivity index (χ2n) is 8.85. The van der Waals surface area contributed by atoms with Crippen molar-refractivity contribution in [2.75, 3.05) is 6.61 Å². The molecule has 1 aromatic carbocycles. The molecule has 3 heteroatoms. The number of ether oxygens (including phenoxy) is 1. The summed E-state index contributed by atoms with van der Waals surface area (Å²) in [5.41, 5.74) is 0.527. The van der Waals surface area contributed by atoms with Gasteiger partial charge in [-0.25, -0.2) is 4.39 Å². The van der Waals surface area contributed by atoms with Gasteiger partial charge in [0.25, 0.3) is 0 Å². The molecule has 160 valence electrons. The summed E-state index contributed by atoms with van der Waals surface area (Å²) in [6.45, 7) is 6.03. The largest absolute Gasteiger partial charge is 0.491 e. The van der Waals surface area contributed by atoms with Gasteiger partial charge in [-0.2, -0.15) is 4.39 Å². The lowest BCUT2D eigenvalue weighted by molar-refractivity contribution is 0.297. The first-order valence-corrected chi connectivity index (χ1v) is 11.5. The molecule has 1 nitrogen and oxygen atoms in total. The summed E-state index contributed by atoms with van der Waals surface area (Å²) in [4.78, 5) is 0. The smallest absolute Gasteiger partial charge is 0.200 e. The van der Waals surface area contributed by atoms with E-state index in [2.05, 4.69) is 24.8 Å². The Labute approximate surface area is 175 Å². The van der Waals surface area contributed by atoms with Gasteiger partial charge in [0.15, 0.2) is 11.6 Å². The number of hydrogen-bond acceptors (Lipinski definition) is 1. The van der Waals surface area contributed by atoms with Crippen LogP contribution in [0.5, 0.6) is 5.75 Å². The van der Waals surface area contributed by atoms with Gasteiger partial charge in [-0.15, -0.1) is 6.58 Å². The molecule has 0 amide bonds. The van der Waals surface area contributed by atoms with E-state index in [1.165, 1.54) is 32.1 Å². The lowest BCUT2D eigenvalue weighted by atomic mass is 9.77. The van der Waals surface area contributed by atoms with E-state index in [-0.39, 0.29) is 11.7 Å². The molecule has 2 aliphatic carbocycles. The SMILES string of the molecule is C=CC1CCC(/C=C/CCC2CCC(c3ccc(OCC)c(F)c3F)CC2)CC1. The van der Waals surface area contributed by atoms with Crippen LogP contribution in [0, 0.1) is 29.4 Å². The van der Waals surface area contributed by atoms with E-state index in [0.717, 1.165) is 43.9 Å². The highest BCUT2D eigenvalue weighted by Gasteiger charge is 2.26. The molecule has 29 heavy (non-hydrogen) atoms. The molecular formula is C26H36F2O. The third-order valence-electron chi connectivity index (χ3n) is 6.96. The molecule has 1 aromatic rings. The van der Waals surface area contributed by atoms with E-state index >= 15 is 0 Å². The van der Waals surface area contributed by atoms with Crippen LogP contribution in [0.1, 0.15) is 82.6 Å². The second kappa shape index (κ2) is 10.9. The zero-order chi connectivity index (χ0) is 20.6. The molecule has 0 aliphatic heterocycles. The van der Waals surface area contributed by atoms with Crippen LogP contribution in [0.25, 0.3) is 0 Å². The highest BCUT2D eigenvalue weighted by Crippen LogP contribution is 2.40. The zero-order valence-electron chi connectivity index (χ0n) is 17.8. The lowest BCUT2D eigenvalue weighted by Gasteiger charge is -2.29. The fourth-order valence-corrected chi connectivity index (χ4v) is 5.08. The molecule has 0 spiro atoms. The van der Waals surface area contributed by atoms with Gasteiger partial charge >= 0.3 is 0 Å². The zero-order valence-corrected chi connectivity index (χ0v) is 17.8. The van der Waals surface area contributed by atoms with Gasteiger partial charge in [0.2, 0.25) is 5.82 Å². The predicted octanol–water partition coefficient (Wildman–Crippen LogP) is 7.97. The Morgan fingerprint density at radius 3 is 2.31 bits per heavy atom. The second-order valence-corrected chi connectivity index (χ2v) is 8.85. The van der Waals surface area contributed by atoms with Crippen LogP contribution in [-0.4, -0.2) is 6.61 Å². The van der Waals surface area contributed by atoms with Crippen LogP contribution >= 0.6 is 0 Å². The Balaban J connectivity index is 1.41. The topological polar surface area (TPSA) is 9.23 Å². The highest BCUT2D eigenvalue weighted by atomic mass is 19.2. The first-order chi connectivity index (χ1) is 14.1. The normalized spacial score (nSPS) is 27.8. The fraction of sp³-hybridized carbons (Fsp3) is 0.615. The van der Waals surface area contributed by atoms with Crippen LogP contribution in [-0.2, 0) is 0 Å². The Hall–Kier alpha value is -1.64. The number of hydrogen-bond donors (Lipinski definition) is 0. The van der Waals surface area contributed by atoms with Gasteiger partial charge in [0.05, 0.1) is 6.61 Å². The summed E-state index contributed by atoms with van der Waals surface area (Å²) < 4.78 is 33.8. The molecule has 3 rings (SSSR count). The average Bonchev–Trinajstić information content (AvgIpc) is 2.76. The van der Waals surface area contributed by atoms with Crippen molar-refractivity contribution in [3.63, 3.8) is 0 Å². The standard InChI is InChI=1S/C26H36F2O/c1-3-19-9-11-20(12-10-19)7-5-6-8-21-13-15-22(16-14-21)23-17-18-24(29-4-2)26(28)25(23)27/h3,5,7,17-22H,1,4,6,8-16H2,2H3/b7-5+. The summed E-state index contributed by atoms with van der Waals surface area (Å²) >= 11 is 0. The number of allylic oxidation sites excluding steroid dienone is 3.